The molecule has 0 aliphatic heterocycles. The number of rotatable bonds is 9. The lowest BCUT2D eigenvalue weighted by Gasteiger charge is -2.27. The maximum Gasteiger partial charge on any atom is 0.0547 e. The maximum absolute atomic E-state index is 4.60. The zero-order valence-corrected chi connectivity index (χ0v) is 12.9. The van der Waals surface area contributed by atoms with Crippen LogP contribution in [-0.2, 0) is 6.54 Å². The second-order valence-electron chi connectivity index (χ2n) is 5.22. The fourth-order valence-corrected chi connectivity index (χ4v) is 2.27. The van der Waals surface area contributed by atoms with E-state index in [4.69, 9.17) is 0 Å². The van der Waals surface area contributed by atoms with E-state index in [0.717, 1.165) is 31.9 Å². The van der Waals surface area contributed by atoms with E-state index in [1.54, 1.807) is 0 Å². The predicted octanol–water partition coefficient (Wildman–Crippen LogP) is 2.99. The summed E-state index contributed by atoms with van der Waals surface area (Å²) in [5.74, 6) is 0. The smallest absolute Gasteiger partial charge is 0.0547 e. The Hall–Kier alpha value is -0.930. The molecule has 1 rings (SSSR count). The summed E-state index contributed by atoms with van der Waals surface area (Å²) in [6.45, 7) is 13.1. The van der Waals surface area contributed by atoms with Gasteiger partial charge in [0.15, 0.2) is 0 Å². The molecule has 1 N–H and O–H groups in total. The zero-order chi connectivity index (χ0) is 14.1. The van der Waals surface area contributed by atoms with Crippen molar-refractivity contribution in [1.82, 2.24) is 15.2 Å². The van der Waals surface area contributed by atoms with Crippen LogP contribution in [0.4, 0.5) is 0 Å². The first-order chi connectivity index (χ1) is 9.17. The van der Waals surface area contributed by atoms with Crippen LogP contribution >= 0.6 is 0 Å². The number of nitrogens with zero attached hydrogens (tertiary/aromatic N) is 2. The first-order valence-corrected chi connectivity index (χ1v) is 7.54. The molecule has 3 heteroatoms. The van der Waals surface area contributed by atoms with E-state index in [0.29, 0.717) is 6.04 Å². The van der Waals surface area contributed by atoms with Crippen molar-refractivity contribution in [2.75, 3.05) is 19.6 Å². The van der Waals surface area contributed by atoms with Crippen LogP contribution in [0.1, 0.15) is 45.0 Å². The maximum atomic E-state index is 4.60. The number of hydrogen-bond donors (Lipinski definition) is 1. The minimum Gasteiger partial charge on any atom is -0.317 e. The quantitative estimate of drug-likeness (QED) is 0.694. The average molecular weight is 263 g/mol. The Bertz CT molecular complexity index is 352. The molecule has 19 heavy (non-hydrogen) atoms. The lowest BCUT2D eigenvalue weighted by molar-refractivity contribution is 0.198. The normalized spacial score (nSPS) is 12.9. The Balaban J connectivity index is 2.43. The Morgan fingerprint density at radius 2 is 2.05 bits per heavy atom. The van der Waals surface area contributed by atoms with Crippen molar-refractivity contribution < 1.29 is 0 Å². The summed E-state index contributed by atoms with van der Waals surface area (Å²) in [6.07, 6.45) is 2.40. The van der Waals surface area contributed by atoms with Crippen LogP contribution in [0.15, 0.2) is 18.2 Å². The van der Waals surface area contributed by atoms with Crippen molar-refractivity contribution in [3.63, 3.8) is 0 Å². The molecule has 1 aromatic heterocycles. The fraction of sp³-hybridized carbons (Fsp3) is 0.688. The molecule has 0 aliphatic rings. The van der Waals surface area contributed by atoms with E-state index >= 15 is 0 Å². The molecule has 0 aromatic carbocycles. The van der Waals surface area contributed by atoms with Gasteiger partial charge in [0.25, 0.3) is 0 Å². The van der Waals surface area contributed by atoms with E-state index in [1.165, 1.54) is 18.5 Å². The van der Waals surface area contributed by atoms with Gasteiger partial charge in [0.05, 0.1) is 5.69 Å². The summed E-state index contributed by atoms with van der Waals surface area (Å²) in [5, 5.41) is 3.48. The summed E-state index contributed by atoms with van der Waals surface area (Å²) < 4.78 is 0. The van der Waals surface area contributed by atoms with E-state index in [9.17, 15) is 0 Å². The SMILES string of the molecule is CCCNCCC(C)N(CC)Cc1cccc(C)n1. The number of nitrogens with one attached hydrogen (secondary N) is 1. The van der Waals surface area contributed by atoms with Gasteiger partial charge in [-0.25, -0.2) is 0 Å². The van der Waals surface area contributed by atoms with Gasteiger partial charge in [-0.05, 0) is 58.5 Å². The second-order valence-corrected chi connectivity index (χ2v) is 5.22. The molecular weight excluding hydrogens is 234 g/mol. The van der Waals surface area contributed by atoms with Crippen molar-refractivity contribution in [2.24, 2.45) is 0 Å². The Morgan fingerprint density at radius 3 is 2.68 bits per heavy atom. The molecule has 0 bridgehead atoms. The largest absolute Gasteiger partial charge is 0.317 e. The average Bonchev–Trinajstić information content (AvgIpc) is 2.41. The van der Waals surface area contributed by atoms with Crippen LogP contribution in [0.3, 0.4) is 0 Å². The third kappa shape index (κ3) is 6.17. The number of aryl methyl sites for hydroxylation is 1. The highest BCUT2D eigenvalue weighted by Crippen LogP contribution is 2.09. The van der Waals surface area contributed by atoms with Gasteiger partial charge < -0.3 is 5.32 Å². The summed E-state index contributed by atoms with van der Waals surface area (Å²) in [6, 6.07) is 6.87. The molecule has 0 amide bonds. The van der Waals surface area contributed by atoms with Gasteiger partial charge in [0.2, 0.25) is 0 Å². The summed E-state index contributed by atoms with van der Waals surface area (Å²) in [4.78, 5) is 7.09. The Kier molecular flexibility index (Phi) is 7.68. The summed E-state index contributed by atoms with van der Waals surface area (Å²) in [5.41, 5.74) is 2.28. The molecule has 0 fully saturated rings. The summed E-state index contributed by atoms with van der Waals surface area (Å²) in [7, 11) is 0. The fourth-order valence-electron chi connectivity index (χ4n) is 2.27. The predicted molar refractivity (Wildman–Crippen MR) is 82.3 cm³/mol. The van der Waals surface area contributed by atoms with Crippen LogP contribution in [0.25, 0.3) is 0 Å². The topological polar surface area (TPSA) is 28.2 Å². The minimum atomic E-state index is 0.594. The van der Waals surface area contributed by atoms with Gasteiger partial charge in [0.1, 0.15) is 0 Å². The zero-order valence-electron chi connectivity index (χ0n) is 12.9. The van der Waals surface area contributed by atoms with Gasteiger partial charge in [-0.3, -0.25) is 9.88 Å². The van der Waals surface area contributed by atoms with Crippen molar-refractivity contribution in [2.45, 2.75) is 53.1 Å². The molecule has 1 atom stereocenters. The molecule has 1 unspecified atom stereocenters. The van der Waals surface area contributed by atoms with Crippen LogP contribution in [-0.4, -0.2) is 35.6 Å². The highest BCUT2D eigenvalue weighted by Gasteiger charge is 2.12. The standard InChI is InChI=1S/C16H29N3/c1-5-11-17-12-10-15(4)19(6-2)13-16-9-7-8-14(3)18-16/h7-9,15,17H,5-6,10-13H2,1-4H3. The molecule has 1 heterocycles. The van der Waals surface area contributed by atoms with Crippen molar-refractivity contribution in [3.8, 4) is 0 Å². The Morgan fingerprint density at radius 1 is 1.26 bits per heavy atom. The highest BCUT2D eigenvalue weighted by molar-refractivity contribution is 5.09. The molecule has 0 spiro atoms. The van der Waals surface area contributed by atoms with E-state index in [1.807, 2.05) is 0 Å². The molecule has 108 valence electrons. The minimum absolute atomic E-state index is 0.594. The van der Waals surface area contributed by atoms with Crippen LogP contribution in [0.2, 0.25) is 0 Å². The summed E-state index contributed by atoms with van der Waals surface area (Å²) >= 11 is 0. The van der Waals surface area contributed by atoms with E-state index in [2.05, 4.69) is 61.1 Å². The van der Waals surface area contributed by atoms with Crippen LogP contribution in [0, 0.1) is 6.92 Å². The van der Waals surface area contributed by atoms with Crippen LogP contribution < -0.4 is 5.32 Å². The number of hydrogen-bond acceptors (Lipinski definition) is 3. The van der Waals surface area contributed by atoms with Crippen molar-refractivity contribution >= 4 is 0 Å². The first kappa shape index (κ1) is 16.1. The van der Waals surface area contributed by atoms with Crippen LogP contribution in [0.5, 0.6) is 0 Å². The first-order valence-electron chi connectivity index (χ1n) is 7.54. The number of pyridine rings is 1. The molecule has 0 saturated carbocycles. The van der Waals surface area contributed by atoms with Crippen molar-refractivity contribution in [3.05, 3.63) is 29.6 Å². The third-order valence-corrected chi connectivity index (χ3v) is 3.51. The van der Waals surface area contributed by atoms with E-state index in [-0.39, 0.29) is 0 Å². The third-order valence-electron chi connectivity index (χ3n) is 3.51. The second kappa shape index (κ2) is 9.05. The van der Waals surface area contributed by atoms with Gasteiger partial charge >= 0.3 is 0 Å². The number of aromatic nitrogens is 1. The van der Waals surface area contributed by atoms with E-state index < -0.39 is 0 Å². The van der Waals surface area contributed by atoms with Gasteiger partial charge in [-0.1, -0.05) is 19.9 Å². The lowest BCUT2D eigenvalue weighted by Crippen LogP contribution is -2.35. The molecule has 0 aliphatic carbocycles. The molecule has 1 aromatic rings. The molecule has 0 saturated heterocycles. The van der Waals surface area contributed by atoms with Gasteiger partial charge in [0, 0.05) is 18.3 Å². The lowest BCUT2D eigenvalue weighted by atomic mass is 10.2. The Labute approximate surface area is 118 Å². The monoisotopic (exact) mass is 263 g/mol. The van der Waals surface area contributed by atoms with Gasteiger partial charge in [-0.15, -0.1) is 0 Å². The van der Waals surface area contributed by atoms with Gasteiger partial charge in [-0.2, -0.15) is 0 Å². The molecule has 3 nitrogen and oxygen atoms in total. The van der Waals surface area contributed by atoms with Crippen molar-refractivity contribution in [1.29, 1.82) is 0 Å². The molecule has 0 radical (unpaired) electrons. The molecular formula is C16H29N3. The highest BCUT2D eigenvalue weighted by atomic mass is 15.2.